The minimum Gasteiger partial charge on any atom is -0.350 e. The largest absolute Gasteiger partial charge is 0.350 e. The first-order chi connectivity index (χ1) is 13.6. The Balaban J connectivity index is 1.13. The number of benzene rings is 1. The van der Waals surface area contributed by atoms with Gasteiger partial charge >= 0.3 is 0 Å². The molecule has 3 nitrogen and oxygen atoms in total. The van der Waals surface area contributed by atoms with Crippen LogP contribution in [0.1, 0.15) is 68.9 Å². The second kappa shape index (κ2) is 7.74. The van der Waals surface area contributed by atoms with Gasteiger partial charge in [0.25, 0.3) is 0 Å². The summed E-state index contributed by atoms with van der Waals surface area (Å²) in [4.78, 5) is 12.3. The summed E-state index contributed by atoms with van der Waals surface area (Å²) in [5.74, 6) is 3.20. The van der Waals surface area contributed by atoms with Gasteiger partial charge in [0, 0.05) is 18.9 Å². The minimum absolute atomic E-state index is 0.235. The van der Waals surface area contributed by atoms with Crippen LogP contribution in [0, 0.1) is 36.5 Å². The molecule has 0 amide bonds. The zero-order valence-electron chi connectivity index (χ0n) is 17.6. The molecule has 5 saturated carbocycles. The topological polar surface area (TPSA) is 27.7 Å². The Kier molecular flexibility index (Phi) is 5.27. The van der Waals surface area contributed by atoms with Crippen molar-refractivity contribution < 1.29 is 14.5 Å². The SMILES string of the molecule is COC1(OOC2CCC(Cc3ccc(C)cc3)CC2)C2CC3CC(C2)CC1C3. The second-order valence-corrected chi connectivity index (χ2v) is 10.2. The lowest BCUT2D eigenvalue weighted by Gasteiger charge is -2.58. The third kappa shape index (κ3) is 3.55. The standard InChI is InChI=1S/C25H36O3/c1-17-3-5-18(6-4-17)11-19-7-9-24(10-8-19)27-28-25(26-2)22-13-20-12-21(15-22)16-23(25)14-20/h3-6,19-24H,7-16H2,1-2H3. The second-order valence-electron chi connectivity index (χ2n) is 10.2. The van der Waals surface area contributed by atoms with Gasteiger partial charge in [-0.1, -0.05) is 29.8 Å². The number of methoxy groups -OCH3 is 1. The fraction of sp³-hybridized carbons (Fsp3) is 0.760. The van der Waals surface area contributed by atoms with Crippen molar-refractivity contribution >= 4 is 0 Å². The van der Waals surface area contributed by atoms with Crippen LogP contribution in [0.5, 0.6) is 0 Å². The van der Waals surface area contributed by atoms with Crippen molar-refractivity contribution in [3.63, 3.8) is 0 Å². The van der Waals surface area contributed by atoms with Gasteiger partial charge in [-0.3, -0.25) is 0 Å². The highest BCUT2D eigenvalue weighted by atomic mass is 17.2. The number of aryl methyl sites for hydroxylation is 1. The molecule has 0 atom stereocenters. The average molecular weight is 385 g/mol. The normalized spacial score (nSPS) is 42.1. The van der Waals surface area contributed by atoms with E-state index in [1.807, 2.05) is 7.11 Å². The summed E-state index contributed by atoms with van der Waals surface area (Å²) in [6, 6.07) is 9.03. The van der Waals surface area contributed by atoms with Crippen LogP contribution in [0.2, 0.25) is 0 Å². The van der Waals surface area contributed by atoms with Gasteiger partial charge < -0.3 is 4.74 Å². The van der Waals surface area contributed by atoms with E-state index in [2.05, 4.69) is 31.2 Å². The Morgan fingerprint density at radius 2 is 1.46 bits per heavy atom. The van der Waals surface area contributed by atoms with Crippen LogP contribution < -0.4 is 0 Å². The van der Waals surface area contributed by atoms with Crippen molar-refractivity contribution in [1.29, 1.82) is 0 Å². The third-order valence-electron chi connectivity index (χ3n) is 8.35. The maximum absolute atomic E-state index is 6.24. The molecule has 0 heterocycles. The van der Waals surface area contributed by atoms with E-state index < -0.39 is 5.79 Å². The van der Waals surface area contributed by atoms with E-state index in [-0.39, 0.29) is 6.10 Å². The first-order valence-electron chi connectivity index (χ1n) is 11.6. The van der Waals surface area contributed by atoms with Gasteiger partial charge in [0.15, 0.2) is 0 Å². The lowest BCUT2D eigenvalue weighted by Crippen LogP contribution is -2.60. The quantitative estimate of drug-likeness (QED) is 0.350. The number of rotatable bonds is 6. The molecule has 3 heteroatoms. The first kappa shape index (κ1) is 19.1. The van der Waals surface area contributed by atoms with E-state index in [0.29, 0.717) is 11.8 Å². The van der Waals surface area contributed by atoms with Crippen LogP contribution in [0.25, 0.3) is 0 Å². The molecular formula is C25H36O3. The Bertz CT molecular complexity index is 631. The van der Waals surface area contributed by atoms with Gasteiger partial charge in [-0.25, -0.2) is 9.78 Å². The van der Waals surface area contributed by atoms with E-state index in [1.54, 1.807) is 0 Å². The van der Waals surface area contributed by atoms with Crippen molar-refractivity contribution in [2.75, 3.05) is 7.11 Å². The van der Waals surface area contributed by atoms with E-state index >= 15 is 0 Å². The molecule has 5 fully saturated rings. The van der Waals surface area contributed by atoms with Gasteiger partial charge in [-0.2, -0.15) is 0 Å². The Morgan fingerprint density at radius 1 is 0.857 bits per heavy atom. The smallest absolute Gasteiger partial charge is 0.207 e. The maximum atomic E-state index is 6.24. The molecule has 1 aromatic carbocycles. The monoisotopic (exact) mass is 384 g/mol. The van der Waals surface area contributed by atoms with E-state index in [9.17, 15) is 0 Å². The summed E-state index contributed by atoms with van der Waals surface area (Å²) >= 11 is 0. The highest BCUT2D eigenvalue weighted by Crippen LogP contribution is 2.60. The molecule has 0 radical (unpaired) electrons. The molecule has 0 unspecified atom stereocenters. The summed E-state index contributed by atoms with van der Waals surface area (Å²) < 4.78 is 6.07. The molecule has 0 saturated heterocycles. The Hall–Kier alpha value is -0.900. The summed E-state index contributed by atoms with van der Waals surface area (Å²) in [5, 5.41) is 0. The highest BCUT2D eigenvalue weighted by Gasteiger charge is 2.60. The van der Waals surface area contributed by atoms with Crippen LogP contribution >= 0.6 is 0 Å². The van der Waals surface area contributed by atoms with Crippen molar-refractivity contribution in [1.82, 2.24) is 0 Å². The number of hydrogen-bond acceptors (Lipinski definition) is 3. The Labute approximate surface area is 170 Å². The number of hydrogen-bond donors (Lipinski definition) is 0. The third-order valence-corrected chi connectivity index (χ3v) is 8.35. The molecule has 0 spiro atoms. The molecule has 6 rings (SSSR count). The summed E-state index contributed by atoms with van der Waals surface area (Å²) in [6.45, 7) is 2.16. The predicted octanol–water partition coefficient (Wildman–Crippen LogP) is 5.84. The summed E-state index contributed by atoms with van der Waals surface area (Å²) in [5.41, 5.74) is 2.81. The Morgan fingerprint density at radius 3 is 2.04 bits per heavy atom. The van der Waals surface area contributed by atoms with Crippen LogP contribution in [-0.2, 0) is 20.9 Å². The molecule has 0 aromatic heterocycles. The number of ether oxygens (including phenoxy) is 1. The van der Waals surface area contributed by atoms with Crippen LogP contribution in [-0.4, -0.2) is 19.0 Å². The lowest BCUT2D eigenvalue weighted by atomic mass is 9.53. The van der Waals surface area contributed by atoms with Crippen molar-refractivity contribution in [3.05, 3.63) is 35.4 Å². The molecule has 1 aromatic rings. The molecule has 5 aliphatic carbocycles. The zero-order valence-corrected chi connectivity index (χ0v) is 17.6. The van der Waals surface area contributed by atoms with Gasteiger partial charge in [-0.05, 0) is 94.4 Å². The molecule has 28 heavy (non-hydrogen) atoms. The molecule has 0 N–H and O–H groups in total. The molecule has 5 aliphatic rings. The van der Waals surface area contributed by atoms with Crippen LogP contribution in [0.3, 0.4) is 0 Å². The fourth-order valence-corrected chi connectivity index (χ4v) is 6.98. The zero-order chi connectivity index (χ0) is 19.1. The fourth-order valence-electron chi connectivity index (χ4n) is 6.98. The van der Waals surface area contributed by atoms with Gasteiger partial charge in [0.05, 0.1) is 6.10 Å². The first-order valence-corrected chi connectivity index (χ1v) is 11.6. The van der Waals surface area contributed by atoms with E-state index in [1.165, 1.54) is 62.5 Å². The average Bonchev–Trinajstić information content (AvgIpc) is 2.70. The van der Waals surface area contributed by atoms with Gasteiger partial charge in [-0.15, -0.1) is 0 Å². The molecule has 4 bridgehead atoms. The van der Waals surface area contributed by atoms with Crippen molar-refractivity contribution in [2.24, 2.45) is 29.6 Å². The molecule has 154 valence electrons. The van der Waals surface area contributed by atoms with Crippen molar-refractivity contribution in [2.45, 2.75) is 83.0 Å². The van der Waals surface area contributed by atoms with E-state index in [4.69, 9.17) is 14.5 Å². The van der Waals surface area contributed by atoms with E-state index in [0.717, 1.165) is 30.6 Å². The van der Waals surface area contributed by atoms with Crippen LogP contribution in [0.15, 0.2) is 24.3 Å². The maximum Gasteiger partial charge on any atom is 0.207 e. The lowest BCUT2D eigenvalue weighted by molar-refractivity contribution is -0.485. The minimum atomic E-state index is -0.466. The van der Waals surface area contributed by atoms with Crippen molar-refractivity contribution in [3.8, 4) is 0 Å². The highest BCUT2D eigenvalue weighted by molar-refractivity contribution is 5.21. The summed E-state index contributed by atoms with van der Waals surface area (Å²) in [7, 11) is 1.84. The molecule has 0 aliphatic heterocycles. The van der Waals surface area contributed by atoms with Crippen LogP contribution in [0.4, 0.5) is 0 Å². The van der Waals surface area contributed by atoms with Gasteiger partial charge in [0.2, 0.25) is 5.79 Å². The predicted molar refractivity (Wildman–Crippen MR) is 110 cm³/mol. The van der Waals surface area contributed by atoms with Gasteiger partial charge in [0.1, 0.15) is 0 Å². The summed E-state index contributed by atoms with van der Waals surface area (Å²) in [6.07, 6.45) is 12.6. The molecular weight excluding hydrogens is 348 g/mol.